The number of anilines is 1. The van der Waals surface area contributed by atoms with Gasteiger partial charge in [-0.25, -0.2) is 4.39 Å². The molecule has 80 valence electrons. The van der Waals surface area contributed by atoms with Crippen LogP contribution in [0.15, 0.2) is 24.3 Å². The van der Waals surface area contributed by atoms with Gasteiger partial charge in [0.1, 0.15) is 12.6 Å². The number of carbonyl (C=O) groups excluding carboxylic acids is 1. The number of hydrogen-bond donors (Lipinski definition) is 0. The summed E-state index contributed by atoms with van der Waals surface area (Å²) in [6, 6.07) is 7.10. The Morgan fingerprint density at radius 2 is 2.27 bits per heavy atom. The Kier molecular flexibility index (Phi) is 2.91. The molecule has 0 aromatic heterocycles. The summed E-state index contributed by atoms with van der Waals surface area (Å²) in [5.74, 6) is -0.338. The number of fused-ring (bicyclic) bond motifs is 1. The molecule has 0 saturated heterocycles. The highest BCUT2D eigenvalue weighted by atomic mass is 35.5. The van der Waals surface area contributed by atoms with E-state index in [1.807, 2.05) is 24.3 Å². The molecular formula is C11H11ClFNO. The van der Waals surface area contributed by atoms with Crippen molar-refractivity contribution < 1.29 is 9.18 Å². The number of halogens is 2. The monoisotopic (exact) mass is 227 g/mol. The standard InChI is InChI=1S/C11H11ClFNO/c12-6-11(15)14-9(7-13)5-8-3-1-2-4-10(8)14/h1-4,9H,5-7H2. The van der Waals surface area contributed by atoms with E-state index >= 15 is 0 Å². The quantitative estimate of drug-likeness (QED) is 0.709. The maximum atomic E-state index is 12.8. The molecule has 1 atom stereocenters. The smallest absolute Gasteiger partial charge is 0.242 e. The van der Waals surface area contributed by atoms with Crippen LogP contribution in [0, 0.1) is 0 Å². The number of alkyl halides is 2. The van der Waals surface area contributed by atoms with E-state index in [0.717, 1.165) is 11.3 Å². The normalized spacial score (nSPS) is 19.1. The molecule has 0 bridgehead atoms. The molecule has 1 aromatic carbocycles. The molecule has 1 amide bonds. The first-order valence-electron chi connectivity index (χ1n) is 4.80. The molecule has 1 heterocycles. The van der Waals surface area contributed by atoms with Crippen molar-refractivity contribution in [3.05, 3.63) is 29.8 Å². The van der Waals surface area contributed by atoms with E-state index in [9.17, 15) is 9.18 Å². The van der Waals surface area contributed by atoms with Crippen LogP contribution in [0.25, 0.3) is 0 Å². The van der Waals surface area contributed by atoms with E-state index in [0.29, 0.717) is 6.42 Å². The van der Waals surface area contributed by atoms with Crippen LogP contribution >= 0.6 is 11.6 Å². The average molecular weight is 228 g/mol. The molecule has 0 radical (unpaired) electrons. The van der Waals surface area contributed by atoms with Gasteiger partial charge in [-0.15, -0.1) is 11.6 Å². The summed E-state index contributed by atoms with van der Waals surface area (Å²) in [5, 5.41) is 0. The number of nitrogens with zero attached hydrogens (tertiary/aromatic N) is 1. The summed E-state index contributed by atoms with van der Waals surface area (Å²) in [6.45, 7) is -0.530. The zero-order valence-electron chi connectivity index (χ0n) is 8.12. The predicted molar refractivity (Wildman–Crippen MR) is 58.1 cm³/mol. The van der Waals surface area contributed by atoms with Gasteiger partial charge in [-0.1, -0.05) is 18.2 Å². The molecule has 2 rings (SSSR count). The molecule has 0 aliphatic carbocycles. The van der Waals surface area contributed by atoms with Crippen molar-refractivity contribution in [2.24, 2.45) is 0 Å². The van der Waals surface area contributed by atoms with Gasteiger partial charge in [-0.2, -0.15) is 0 Å². The first kappa shape index (κ1) is 10.4. The van der Waals surface area contributed by atoms with Gasteiger partial charge in [0.15, 0.2) is 0 Å². The highest BCUT2D eigenvalue weighted by Gasteiger charge is 2.32. The van der Waals surface area contributed by atoms with E-state index in [2.05, 4.69) is 0 Å². The van der Waals surface area contributed by atoms with Gasteiger partial charge in [-0.3, -0.25) is 4.79 Å². The van der Waals surface area contributed by atoms with Gasteiger partial charge in [-0.05, 0) is 18.1 Å². The number of carbonyl (C=O) groups is 1. The second kappa shape index (κ2) is 4.19. The van der Waals surface area contributed by atoms with Crippen molar-refractivity contribution in [1.29, 1.82) is 0 Å². The van der Waals surface area contributed by atoms with Gasteiger partial charge in [0.05, 0.1) is 6.04 Å². The Balaban J connectivity index is 2.38. The third kappa shape index (κ3) is 1.72. The topological polar surface area (TPSA) is 20.3 Å². The minimum Gasteiger partial charge on any atom is -0.305 e. The maximum Gasteiger partial charge on any atom is 0.242 e. The van der Waals surface area contributed by atoms with E-state index in [1.165, 1.54) is 4.90 Å². The first-order chi connectivity index (χ1) is 7.27. The van der Waals surface area contributed by atoms with Crippen LogP contribution in [-0.2, 0) is 11.2 Å². The fraction of sp³-hybridized carbons (Fsp3) is 0.364. The number of hydrogen-bond acceptors (Lipinski definition) is 1. The van der Waals surface area contributed by atoms with Crippen molar-refractivity contribution in [3.8, 4) is 0 Å². The molecular weight excluding hydrogens is 217 g/mol. The summed E-state index contributed by atoms with van der Waals surface area (Å²) in [5.41, 5.74) is 1.81. The molecule has 0 saturated carbocycles. The Hall–Kier alpha value is -1.09. The van der Waals surface area contributed by atoms with Crippen LogP contribution < -0.4 is 4.90 Å². The number of amides is 1. The number of rotatable bonds is 2. The van der Waals surface area contributed by atoms with Crippen LogP contribution in [-0.4, -0.2) is 24.5 Å². The summed E-state index contributed by atoms with van der Waals surface area (Å²) in [4.78, 5) is 13.0. The van der Waals surface area contributed by atoms with Crippen LogP contribution in [0.5, 0.6) is 0 Å². The molecule has 1 aromatic rings. The summed E-state index contributed by atoms with van der Waals surface area (Å²) in [7, 11) is 0. The highest BCUT2D eigenvalue weighted by Crippen LogP contribution is 2.32. The van der Waals surface area contributed by atoms with Crippen molar-refractivity contribution in [1.82, 2.24) is 0 Å². The largest absolute Gasteiger partial charge is 0.305 e. The highest BCUT2D eigenvalue weighted by molar-refractivity contribution is 6.29. The van der Waals surface area contributed by atoms with Gasteiger partial charge >= 0.3 is 0 Å². The second-order valence-corrected chi connectivity index (χ2v) is 3.81. The Bertz CT molecular complexity index is 383. The van der Waals surface area contributed by atoms with E-state index < -0.39 is 6.67 Å². The zero-order valence-corrected chi connectivity index (χ0v) is 8.88. The van der Waals surface area contributed by atoms with Crippen LogP contribution in [0.1, 0.15) is 5.56 Å². The second-order valence-electron chi connectivity index (χ2n) is 3.54. The lowest BCUT2D eigenvalue weighted by atomic mass is 10.1. The van der Waals surface area contributed by atoms with Crippen molar-refractivity contribution in [3.63, 3.8) is 0 Å². The Morgan fingerprint density at radius 3 is 2.93 bits per heavy atom. The molecule has 0 N–H and O–H groups in total. The third-order valence-electron chi connectivity index (χ3n) is 2.63. The van der Waals surface area contributed by atoms with E-state index in [1.54, 1.807) is 0 Å². The van der Waals surface area contributed by atoms with Crippen LogP contribution in [0.2, 0.25) is 0 Å². The minimum absolute atomic E-state index is 0.106. The number of para-hydroxylation sites is 1. The SMILES string of the molecule is O=C(CCl)N1c2ccccc2CC1CF. The molecule has 0 fully saturated rings. The lowest BCUT2D eigenvalue weighted by Crippen LogP contribution is -2.39. The third-order valence-corrected chi connectivity index (χ3v) is 2.86. The zero-order chi connectivity index (χ0) is 10.8. The molecule has 1 aliphatic rings. The van der Waals surface area contributed by atoms with Crippen LogP contribution in [0.3, 0.4) is 0 Å². The molecule has 1 unspecified atom stereocenters. The Morgan fingerprint density at radius 1 is 1.53 bits per heavy atom. The maximum absolute atomic E-state index is 12.8. The summed E-state index contributed by atoms with van der Waals surface area (Å²) < 4.78 is 12.8. The summed E-state index contributed by atoms with van der Waals surface area (Å²) in [6.07, 6.45) is 0.579. The lowest BCUT2D eigenvalue weighted by Gasteiger charge is -2.22. The van der Waals surface area contributed by atoms with Gasteiger partial charge in [0.25, 0.3) is 0 Å². The summed E-state index contributed by atoms with van der Waals surface area (Å²) >= 11 is 5.51. The molecule has 2 nitrogen and oxygen atoms in total. The Labute approximate surface area is 92.6 Å². The van der Waals surface area contributed by atoms with Crippen molar-refractivity contribution in [2.45, 2.75) is 12.5 Å². The first-order valence-corrected chi connectivity index (χ1v) is 5.33. The fourth-order valence-electron chi connectivity index (χ4n) is 1.99. The number of benzene rings is 1. The van der Waals surface area contributed by atoms with Crippen molar-refractivity contribution in [2.75, 3.05) is 17.5 Å². The fourth-order valence-corrected chi connectivity index (χ4v) is 2.11. The average Bonchev–Trinajstić information content (AvgIpc) is 2.66. The van der Waals surface area contributed by atoms with Gasteiger partial charge in [0, 0.05) is 5.69 Å². The van der Waals surface area contributed by atoms with Crippen molar-refractivity contribution >= 4 is 23.2 Å². The van der Waals surface area contributed by atoms with Crippen LogP contribution in [0.4, 0.5) is 10.1 Å². The van der Waals surface area contributed by atoms with E-state index in [-0.39, 0.29) is 17.8 Å². The molecule has 0 spiro atoms. The lowest BCUT2D eigenvalue weighted by molar-refractivity contribution is -0.116. The van der Waals surface area contributed by atoms with Gasteiger partial charge in [0.2, 0.25) is 5.91 Å². The predicted octanol–water partition coefficient (Wildman–Crippen LogP) is 2.15. The molecule has 15 heavy (non-hydrogen) atoms. The molecule has 1 aliphatic heterocycles. The minimum atomic E-state index is -0.530. The molecule has 4 heteroatoms. The van der Waals surface area contributed by atoms with E-state index in [4.69, 9.17) is 11.6 Å². The van der Waals surface area contributed by atoms with Gasteiger partial charge < -0.3 is 4.90 Å².